The van der Waals surface area contributed by atoms with Gasteiger partial charge in [0.2, 0.25) is 0 Å². The number of carboxylic acids is 1. The number of esters is 1. The molecule has 140 valence electrons. The van der Waals surface area contributed by atoms with Crippen LogP contribution in [0.3, 0.4) is 0 Å². The van der Waals surface area contributed by atoms with Gasteiger partial charge in [0.25, 0.3) is 0 Å². The molecular weight excluding hydrogens is 316 g/mol. The minimum atomic E-state index is -1.11. The molecule has 0 aliphatic carbocycles. The molecule has 0 aliphatic rings. The minimum absolute atomic E-state index is 0.0105. The van der Waals surface area contributed by atoms with Gasteiger partial charge in [0, 0.05) is 0 Å². The summed E-state index contributed by atoms with van der Waals surface area (Å²) < 4.78 is 5.63. The van der Waals surface area contributed by atoms with Gasteiger partial charge in [0.1, 0.15) is 6.10 Å². The van der Waals surface area contributed by atoms with Crippen LogP contribution in [-0.2, 0) is 4.74 Å². The first-order valence-electron chi connectivity index (χ1n) is 9.36. The number of carbonyl (C=O) groups excluding carboxylic acids is 1. The molecule has 4 nitrogen and oxygen atoms in total. The maximum Gasteiger partial charge on any atom is 0.339 e. The zero-order valence-electron chi connectivity index (χ0n) is 16.0. The molecule has 0 bridgehead atoms. The Morgan fingerprint density at radius 1 is 0.920 bits per heavy atom. The molecule has 1 unspecified atom stereocenters. The fourth-order valence-electron chi connectivity index (χ4n) is 2.83. The van der Waals surface area contributed by atoms with Crippen molar-refractivity contribution in [2.24, 2.45) is 11.8 Å². The normalized spacial score (nSPS) is 12.4. The highest BCUT2D eigenvalue weighted by Crippen LogP contribution is 2.20. The number of ether oxygens (including phenoxy) is 1. The number of carbonyl (C=O) groups is 2. The van der Waals surface area contributed by atoms with Crippen LogP contribution in [0.4, 0.5) is 0 Å². The quantitative estimate of drug-likeness (QED) is 0.420. The Hall–Kier alpha value is -1.84. The molecule has 1 aromatic rings. The highest BCUT2D eigenvalue weighted by atomic mass is 16.5. The summed E-state index contributed by atoms with van der Waals surface area (Å²) in [5.74, 6) is -0.703. The molecule has 0 saturated carbocycles. The molecule has 0 heterocycles. The number of hydrogen-bond acceptors (Lipinski definition) is 3. The van der Waals surface area contributed by atoms with E-state index in [4.69, 9.17) is 4.74 Å². The fourth-order valence-corrected chi connectivity index (χ4v) is 2.83. The third-order valence-electron chi connectivity index (χ3n) is 4.40. The lowest BCUT2D eigenvalue weighted by atomic mass is 9.98. The Morgan fingerprint density at radius 3 is 2.00 bits per heavy atom. The molecule has 0 saturated heterocycles. The Labute approximate surface area is 151 Å². The van der Waals surface area contributed by atoms with E-state index in [0.717, 1.165) is 25.2 Å². The number of benzene rings is 1. The third-order valence-corrected chi connectivity index (χ3v) is 4.40. The maximum atomic E-state index is 12.4. The Balaban J connectivity index is 2.55. The summed E-state index contributed by atoms with van der Waals surface area (Å²) in [5.41, 5.74) is 0.112. The molecule has 1 N–H and O–H groups in total. The second-order valence-electron chi connectivity index (χ2n) is 7.42. The van der Waals surface area contributed by atoms with E-state index in [1.807, 2.05) is 13.8 Å². The lowest BCUT2D eigenvalue weighted by molar-refractivity contribution is 0.0147. The van der Waals surface area contributed by atoms with Crippen molar-refractivity contribution in [1.82, 2.24) is 0 Å². The summed E-state index contributed by atoms with van der Waals surface area (Å²) in [4.78, 5) is 23.7. The predicted octanol–water partition coefficient (Wildman–Crippen LogP) is 5.56. The summed E-state index contributed by atoms with van der Waals surface area (Å²) in [5, 5.41) is 9.21. The molecule has 1 rings (SSSR count). The number of unbranched alkanes of at least 4 members (excludes halogenated alkanes) is 3. The summed E-state index contributed by atoms with van der Waals surface area (Å²) in [6.07, 6.45) is 6.51. The zero-order chi connectivity index (χ0) is 18.8. The first-order chi connectivity index (χ1) is 11.8. The lowest BCUT2D eigenvalue weighted by Gasteiger charge is -2.22. The van der Waals surface area contributed by atoms with Crippen LogP contribution < -0.4 is 0 Å². The number of aromatic carboxylic acids is 1. The van der Waals surface area contributed by atoms with Crippen molar-refractivity contribution in [1.29, 1.82) is 0 Å². The lowest BCUT2D eigenvalue weighted by Crippen LogP contribution is -2.25. The van der Waals surface area contributed by atoms with Crippen molar-refractivity contribution in [2.45, 2.75) is 72.3 Å². The van der Waals surface area contributed by atoms with Gasteiger partial charge in [0.05, 0.1) is 11.1 Å². The Bertz CT molecular complexity index is 549. The van der Waals surface area contributed by atoms with E-state index in [2.05, 4.69) is 13.8 Å². The molecule has 1 atom stereocenters. The number of hydrogen-bond donors (Lipinski definition) is 1. The van der Waals surface area contributed by atoms with Gasteiger partial charge in [-0.1, -0.05) is 65.5 Å². The monoisotopic (exact) mass is 348 g/mol. The number of rotatable bonds is 11. The topological polar surface area (TPSA) is 63.6 Å². The van der Waals surface area contributed by atoms with Crippen molar-refractivity contribution in [3.05, 3.63) is 35.4 Å². The fraction of sp³-hybridized carbons (Fsp3) is 0.619. The molecular formula is C21H32O4. The highest BCUT2D eigenvalue weighted by molar-refractivity contribution is 6.02. The van der Waals surface area contributed by atoms with Crippen molar-refractivity contribution in [2.75, 3.05) is 0 Å². The first kappa shape index (κ1) is 21.2. The van der Waals surface area contributed by atoms with Crippen LogP contribution in [0.15, 0.2) is 24.3 Å². The van der Waals surface area contributed by atoms with Crippen molar-refractivity contribution < 1.29 is 19.4 Å². The summed E-state index contributed by atoms with van der Waals surface area (Å²) >= 11 is 0. The summed E-state index contributed by atoms with van der Waals surface area (Å²) in [6, 6.07) is 6.20. The van der Waals surface area contributed by atoms with Crippen molar-refractivity contribution in [3.63, 3.8) is 0 Å². The van der Waals surface area contributed by atoms with Crippen LogP contribution in [0.25, 0.3) is 0 Å². The van der Waals surface area contributed by atoms with E-state index in [1.54, 1.807) is 12.1 Å². The second-order valence-corrected chi connectivity index (χ2v) is 7.42. The maximum absolute atomic E-state index is 12.4. The van der Waals surface area contributed by atoms with E-state index in [9.17, 15) is 14.7 Å². The second kappa shape index (κ2) is 10.9. The number of carboxylic acid groups (broad SMARTS) is 1. The predicted molar refractivity (Wildman–Crippen MR) is 100.0 cm³/mol. The van der Waals surface area contributed by atoms with E-state index >= 15 is 0 Å². The zero-order valence-corrected chi connectivity index (χ0v) is 16.0. The van der Waals surface area contributed by atoms with Crippen LogP contribution in [0.5, 0.6) is 0 Å². The van der Waals surface area contributed by atoms with Crippen LogP contribution in [0.1, 0.15) is 86.9 Å². The Morgan fingerprint density at radius 2 is 1.48 bits per heavy atom. The van der Waals surface area contributed by atoms with Crippen molar-refractivity contribution in [3.8, 4) is 0 Å². The molecule has 0 fully saturated rings. The van der Waals surface area contributed by atoms with E-state index in [-0.39, 0.29) is 23.1 Å². The first-order valence-corrected chi connectivity index (χ1v) is 9.36. The van der Waals surface area contributed by atoms with Gasteiger partial charge in [0.15, 0.2) is 0 Å². The molecule has 0 spiro atoms. The average molecular weight is 348 g/mol. The largest absolute Gasteiger partial charge is 0.478 e. The van der Waals surface area contributed by atoms with Gasteiger partial charge >= 0.3 is 11.9 Å². The average Bonchev–Trinajstić information content (AvgIpc) is 2.56. The van der Waals surface area contributed by atoms with Crippen LogP contribution >= 0.6 is 0 Å². The minimum Gasteiger partial charge on any atom is -0.478 e. The molecule has 0 radical (unpaired) electrons. The van der Waals surface area contributed by atoms with Gasteiger partial charge in [-0.25, -0.2) is 9.59 Å². The third kappa shape index (κ3) is 7.72. The molecule has 4 heteroatoms. The summed E-state index contributed by atoms with van der Waals surface area (Å²) in [6.45, 7) is 8.53. The standard InChI is InChI=1S/C21H32O4/c1-15(2)11-7-5-6-8-14-19(16(3)4)25-21(24)18-13-10-9-12-17(18)20(22)23/h9-10,12-13,15-16,19H,5-8,11,14H2,1-4H3,(H,22,23). The van der Waals surface area contributed by atoms with E-state index < -0.39 is 11.9 Å². The van der Waals surface area contributed by atoms with E-state index in [0.29, 0.717) is 0 Å². The van der Waals surface area contributed by atoms with Crippen LogP contribution in [-0.4, -0.2) is 23.1 Å². The molecule has 0 aromatic heterocycles. The molecule has 1 aromatic carbocycles. The van der Waals surface area contributed by atoms with Gasteiger partial charge in [-0.05, 0) is 36.8 Å². The highest BCUT2D eigenvalue weighted by Gasteiger charge is 2.22. The van der Waals surface area contributed by atoms with E-state index in [1.165, 1.54) is 31.4 Å². The van der Waals surface area contributed by atoms with Gasteiger partial charge in [-0.15, -0.1) is 0 Å². The van der Waals surface area contributed by atoms with Crippen LogP contribution in [0, 0.1) is 11.8 Å². The van der Waals surface area contributed by atoms with Gasteiger partial charge in [-0.3, -0.25) is 0 Å². The summed E-state index contributed by atoms with van der Waals surface area (Å²) in [7, 11) is 0. The Kier molecular flexibility index (Phi) is 9.25. The van der Waals surface area contributed by atoms with Gasteiger partial charge < -0.3 is 9.84 Å². The molecule has 0 aliphatic heterocycles. The molecule has 0 amide bonds. The smallest absolute Gasteiger partial charge is 0.339 e. The van der Waals surface area contributed by atoms with Crippen molar-refractivity contribution >= 4 is 11.9 Å². The molecule has 25 heavy (non-hydrogen) atoms. The van der Waals surface area contributed by atoms with Gasteiger partial charge in [-0.2, -0.15) is 0 Å². The SMILES string of the molecule is CC(C)CCCCCCC(OC(=O)c1ccccc1C(=O)O)C(C)C. The van der Waals surface area contributed by atoms with Crippen LogP contribution in [0.2, 0.25) is 0 Å².